The van der Waals surface area contributed by atoms with Gasteiger partial charge in [-0.15, -0.1) is 0 Å². The number of hydrazine groups is 1. The first kappa shape index (κ1) is 14.2. The van der Waals surface area contributed by atoms with Gasteiger partial charge in [-0.1, -0.05) is 15.9 Å². The molecule has 20 heavy (non-hydrogen) atoms. The van der Waals surface area contributed by atoms with E-state index in [0.717, 1.165) is 6.07 Å². The second-order valence-corrected chi connectivity index (χ2v) is 4.55. The molecule has 0 aliphatic rings. The Balaban J connectivity index is 2.42. The van der Waals surface area contributed by atoms with Gasteiger partial charge in [-0.2, -0.15) is 4.98 Å². The van der Waals surface area contributed by atoms with Gasteiger partial charge in [0.2, 0.25) is 0 Å². The molecule has 1 aromatic carbocycles. The van der Waals surface area contributed by atoms with E-state index < -0.39 is 10.7 Å². The molecule has 0 saturated heterocycles. The molecule has 3 N–H and O–H groups in total. The molecule has 1 aromatic heterocycles. The van der Waals surface area contributed by atoms with Crippen molar-refractivity contribution in [3.8, 4) is 11.6 Å². The molecule has 0 saturated carbocycles. The number of nitrogens with two attached hydrogens (primary N) is 1. The summed E-state index contributed by atoms with van der Waals surface area (Å²) >= 11 is 3.10. The van der Waals surface area contributed by atoms with Crippen LogP contribution in [-0.2, 0) is 0 Å². The molecule has 0 aliphatic heterocycles. The molecule has 2 aromatic rings. The summed E-state index contributed by atoms with van der Waals surface area (Å²) in [6.07, 6.45) is 0. The predicted molar refractivity (Wildman–Crippen MR) is 72.9 cm³/mol. The first-order chi connectivity index (χ1) is 9.49. The maximum absolute atomic E-state index is 13.2. The zero-order chi connectivity index (χ0) is 14.7. The third-order valence-corrected chi connectivity index (χ3v) is 2.69. The van der Waals surface area contributed by atoms with E-state index in [1.807, 2.05) is 0 Å². The Morgan fingerprint density at radius 2 is 2.15 bits per heavy atom. The Morgan fingerprint density at radius 1 is 1.40 bits per heavy atom. The van der Waals surface area contributed by atoms with Crippen molar-refractivity contribution in [3.63, 3.8) is 0 Å². The van der Waals surface area contributed by atoms with Crippen LogP contribution >= 0.6 is 15.9 Å². The second-order valence-electron chi connectivity index (χ2n) is 3.63. The number of hydrogen-bond acceptors (Lipinski definition) is 6. The third-order valence-electron chi connectivity index (χ3n) is 2.24. The predicted octanol–water partition coefficient (Wildman–Crippen LogP) is 2.97. The quantitative estimate of drug-likeness (QED) is 0.503. The molecule has 0 radical (unpaired) electrons. The molecule has 0 bridgehead atoms. The van der Waals surface area contributed by atoms with Crippen molar-refractivity contribution in [2.45, 2.75) is 0 Å². The summed E-state index contributed by atoms with van der Waals surface area (Å²) in [5.41, 5.74) is 1.89. The number of rotatable bonds is 4. The molecule has 0 unspecified atom stereocenters. The number of halogens is 2. The topological polar surface area (TPSA) is 103 Å². The molecule has 0 aliphatic carbocycles. The first-order valence-electron chi connectivity index (χ1n) is 5.25. The summed E-state index contributed by atoms with van der Waals surface area (Å²) < 4.78 is 18.9. The molecular weight excluding hydrogens is 335 g/mol. The van der Waals surface area contributed by atoms with E-state index in [1.165, 1.54) is 24.3 Å². The van der Waals surface area contributed by atoms with Crippen molar-refractivity contribution in [2.75, 3.05) is 5.43 Å². The smallest absolute Gasteiger partial charge is 0.331 e. The summed E-state index contributed by atoms with van der Waals surface area (Å²) in [5.74, 6) is 4.59. The Labute approximate surface area is 120 Å². The third kappa shape index (κ3) is 3.19. The van der Waals surface area contributed by atoms with Gasteiger partial charge in [0.05, 0.1) is 4.92 Å². The number of benzene rings is 1. The van der Waals surface area contributed by atoms with E-state index in [4.69, 9.17) is 10.6 Å². The highest BCUT2D eigenvalue weighted by Gasteiger charge is 2.18. The van der Waals surface area contributed by atoms with E-state index in [9.17, 15) is 14.5 Å². The average molecular weight is 343 g/mol. The van der Waals surface area contributed by atoms with Crippen molar-refractivity contribution in [1.29, 1.82) is 0 Å². The van der Waals surface area contributed by atoms with Gasteiger partial charge >= 0.3 is 11.6 Å². The number of ether oxygens (including phenoxy) is 1. The highest BCUT2D eigenvalue weighted by atomic mass is 79.9. The monoisotopic (exact) mass is 342 g/mol. The van der Waals surface area contributed by atoms with Gasteiger partial charge in [0.15, 0.2) is 0 Å². The van der Waals surface area contributed by atoms with Crippen molar-refractivity contribution >= 4 is 27.4 Å². The van der Waals surface area contributed by atoms with E-state index in [1.54, 1.807) is 0 Å². The molecule has 0 amide bonds. The summed E-state index contributed by atoms with van der Waals surface area (Å²) in [7, 11) is 0. The maximum atomic E-state index is 13.2. The van der Waals surface area contributed by atoms with E-state index in [2.05, 4.69) is 26.3 Å². The average Bonchev–Trinajstić information content (AvgIpc) is 2.37. The Hall–Kier alpha value is -2.26. The van der Waals surface area contributed by atoms with E-state index in [0.29, 0.717) is 4.47 Å². The molecule has 0 atom stereocenters. The summed E-state index contributed by atoms with van der Waals surface area (Å²) in [6.45, 7) is 0. The molecule has 2 rings (SSSR count). The van der Waals surface area contributed by atoms with Crippen molar-refractivity contribution in [3.05, 3.63) is 50.7 Å². The van der Waals surface area contributed by atoms with Gasteiger partial charge in [-0.3, -0.25) is 10.1 Å². The highest BCUT2D eigenvalue weighted by Crippen LogP contribution is 2.32. The SMILES string of the molecule is NNc1ccc([N+](=O)[O-])c(Oc2cc(F)cc(Br)c2)n1. The van der Waals surface area contributed by atoms with Crippen LogP contribution in [0.3, 0.4) is 0 Å². The minimum atomic E-state index is -0.656. The van der Waals surface area contributed by atoms with Gasteiger partial charge in [-0.25, -0.2) is 10.2 Å². The number of aromatic nitrogens is 1. The van der Waals surface area contributed by atoms with Crippen molar-refractivity contribution in [1.82, 2.24) is 4.98 Å². The van der Waals surface area contributed by atoms with Crippen LogP contribution in [0.1, 0.15) is 0 Å². The zero-order valence-corrected chi connectivity index (χ0v) is 11.4. The molecule has 7 nitrogen and oxygen atoms in total. The van der Waals surface area contributed by atoms with Crippen LogP contribution in [0.4, 0.5) is 15.9 Å². The molecule has 0 spiro atoms. The van der Waals surface area contributed by atoms with Crippen LogP contribution in [0.2, 0.25) is 0 Å². The normalized spacial score (nSPS) is 10.2. The number of anilines is 1. The summed E-state index contributed by atoms with van der Waals surface area (Å²) in [6, 6.07) is 6.28. The van der Waals surface area contributed by atoms with Gasteiger partial charge < -0.3 is 10.2 Å². The Kier molecular flexibility index (Phi) is 4.11. The number of nitro groups is 1. The molecule has 0 fully saturated rings. The van der Waals surface area contributed by atoms with Gasteiger partial charge in [0, 0.05) is 16.6 Å². The zero-order valence-electron chi connectivity index (χ0n) is 9.84. The summed E-state index contributed by atoms with van der Waals surface area (Å²) in [5, 5.41) is 10.9. The standard InChI is InChI=1S/C11H8BrFN4O3/c12-6-3-7(13)5-8(4-6)20-11-9(17(18)19)1-2-10(15-11)16-14/h1-5H,14H2,(H,15,16). The van der Waals surface area contributed by atoms with Gasteiger partial charge in [0.1, 0.15) is 17.4 Å². The lowest BCUT2D eigenvalue weighted by Gasteiger charge is -2.07. The molecule has 1 heterocycles. The lowest BCUT2D eigenvalue weighted by molar-refractivity contribution is -0.386. The number of hydrogen-bond donors (Lipinski definition) is 2. The molecule has 104 valence electrons. The highest BCUT2D eigenvalue weighted by molar-refractivity contribution is 9.10. The van der Waals surface area contributed by atoms with E-state index in [-0.39, 0.29) is 23.1 Å². The number of nitrogens with zero attached hydrogens (tertiary/aromatic N) is 2. The van der Waals surface area contributed by atoms with E-state index >= 15 is 0 Å². The number of nitrogen functional groups attached to an aromatic ring is 1. The fraction of sp³-hybridized carbons (Fsp3) is 0. The van der Waals surface area contributed by atoms with Crippen molar-refractivity contribution < 1.29 is 14.1 Å². The maximum Gasteiger partial charge on any atom is 0.331 e. The van der Waals surface area contributed by atoms with Crippen molar-refractivity contribution in [2.24, 2.45) is 5.84 Å². The van der Waals surface area contributed by atoms with Gasteiger partial charge in [-0.05, 0) is 18.2 Å². The van der Waals surface area contributed by atoms with Crippen LogP contribution in [0.15, 0.2) is 34.8 Å². The fourth-order valence-corrected chi connectivity index (χ4v) is 1.87. The lowest BCUT2D eigenvalue weighted by atomic mass is 10.3. The largest absolute Gasteiger partial charge is 0.433 e. The van der Waals surface area contributed by atoms with Crippen LogP contribution < -0.4 is 16.0 Å². The molecule has 9 heteroatoms. The minimum Gasteiger partial charge on any atom is -0.433 e. The van der Waals surface area contributed by atoms with Crippen LogP contribution in [-0.4, -0.2) is 9.91 Å². The second kappa shape index (κ2) is 5.80. The lowest BCUT2D eigenvalue weighted by Crippen LogP contribution is -2.09. The van der Waals surface area contributed by atoms with Crippen LogP contribution in [0, 0.1) is 15.9 Å². The fourth-order valence-electron chi connectivity index (χ4n) is 1.43. The van der Waals surface area contributed by atoms with Crippen LogP contribution in [0.5, 0.6) is 11.6 Å². The number of nitrogens with one attached hydrogen (secondary N) is 1. The summed E-state index contributed by atoms with van der Waals surface area (Å²) in [4.78, 5) is 14.1. The number of pyridine rings is 1. The molecular formula is C11H8BrFN4O3. The Morgan fingerprint density at radius 3 is 2.75 bits per heavy atom. The van der Waals surface area contributed by atoms with Crippen LogP contribution in [0.25, 0.3) is 0 Å². The first-order valence-corrected chi connectivity index (χ1v) is 6.05. The Bertz CT molecular complexity index is 648. The minimum absolute atomic E-state index is 0.0710. The van der Waals surface area contributed by atoms with Gasteiger partial charge in [0.25, 0.3) is 0 Å².